The van der Waals surface area contributed by atoms with Crippen molar-refractivity contribution in [3.63, 3.8) is 0 Å². The van der Waals surface area contributed by atoms with Gasteiger partial charge in [0.1, 0.15) is 11.3 Å². The van der Waals surface area contributed by atoms with E-state index in [-0.39, 0.29) is 11.3 Å². The third-order valence-corrected chi connectivity index (χ3v) is 8.59. The van der Waals surface area contributed by atoms with Crippen LogP contribution in [0.25, 0.3) is 0 Å². The van der Waals surface area contributed by atoms with E-state index in [1.54, 1.807) is 12.1 Å². The molecule has 3 nitrogen and oxygen atoms in total. The highest BCUT2D eigenvalue weighted by molar-refractivity contribution is 5.91. The van der Waals surface area contributed by atoms with Crippen LogP contribution in [0.5, 0.6) is 5.75 Å². The number of carbonyl (C=O) groups is 1. The second kappa shape index (κ2) is 6.90. The Labute approximate surface area is 172 Å². The van der Waals surface area contributed by atoms with E-state index in [2.05, 4.69) is 37.3 Å². The van der Waals surface area contributed by atoms with E-state index in [9.17, 15) is 15.0 Å². The molecule has 0 amide bonds. The van der Waals surface area contributed by atoms with Gasteiger partial charge in [-0.05, 0) is 103 Å². The minimum atomic E-state index is -1.04. The molecule has 0 aromatic heterocycles. The maximum atomic E-state index is 11.4. The summed E-state index contributed by atoms with van der Waals surface area (Å²) in [4.78, 5) is 11.4. The number of hydrogen-bond donors (Lipinski definition) is 2. The highest BCUT2D eigenvalue weighted by atomic mass is 16.4. The molecule has 3 aliphatic carbocycles. The molecule has 2 N–H and O–H groups in total. The monoisotopic (exact) mass is 390 g/mol. The molecule has 29 heavy (non-hydrogen) atoms. The van der Waals surface area contributed by atoms with Crippen LogP contribution in [-0.2, 0) is 12.8 Å². The summed E-state index contributed by atoms with van der Waals surface area (Å²) in [7, 11) is 0. The van der Waals surface area contributed by atoms with Crippen LogP contribution in [0.15, 0.2) is 42.5 Å². The minimum absolute atomic E-state index is 0.0478. The smallest absolute Gasteiger partial charge is 0.339 e. The summed E-state index contributed by atoms with van der Waals surface area (Å²) in [6.07, 6.45) is 8.29. The first-order chi connectivity index (χ1) is 14.0. The van der Waals surface area contributed by atoms with Gasteiger partial charge in [-0.2, -0.15) is 0 Å². The standard InChI is InChI=1S/C26H30O3/c1-26-12-11-19-20(9-7-17-14-22(25(28)29)24(27)15-21(17)19)23(26)10-8-18(26)13-16-5-3-2-4-6-16/h2-6,14-15,18-20,23,27H,7-13H2,1H3,(H,28,29)/t18-,19-,20+,23-,26+/m0/s1. The van der Waals surface area contributed by atoms with Crippen LogP contribution in [0, 0.1) is 23.2 Å². The SMILES string of the molecule is C[C@]12CC[C@@H]3c4cc(O)c(C(=O)O)cc4CC[C@H]3[C@@H]1CC[C@H]2Cc1ccccc1. The molecule has 5 atom stereocenters. The first-order valence-electron chi connectivity index (χ1n) is 11.1. The molecule has 2 fully saturated rings. The largest absolute Gasteiger partial charge is 0.507 e. The van der Waals surface area contributed by atoms with Gasteiger partial charge in [0.2, 0.25) is 0 Å². The van der Waals surface area contributed by atoms with Crippen molar-refractivity contribution in [2.45, 2.75) is 57.8 Å². The fraction of sp³-hybridized carbons (Fsp3) is 0.500. The van der Waals surface area contributed by atoms with Crippen LogP contribution >= 0.6 is 0 Å². The van der Waals surface area contributed by atoms with Gasteiger partial charge in [-0.15, -0.1) is 0 Å². The van der Waals surface area contributed by atoms with Crippen molar-refractivity contribution >= 4 is 5.97 Å². The zero-order valence-corrected chi connectivity index (χ0v) is 17.1. The Bertz CT molecular complexity index is 934. The molecule has 0 aliphatic heterocycles. The van der Waals surface area contributed by atoms with Crippen LogP contribution < -0.4 is 0 Å². The van der Waals surface area contributed by atoms with Crippen molar-refractivity contribution in [3.05, 3.63) is 64.7 Å². The molecule has 3 heteroatoms. The van der Waals surface area contributed by atoms with E-state index >= 15 is 0 Å². The molecule has 0 saturated heterocycles. The lowest BCUT2D eigenvalue weighted by molar-refractivity contribution is 0.0284. The first kappa shape index (κ1) is 18.7. The van der Waals surface area contributed by atoms with Gasteiger partial charge in [0, 0.05) is 0 Å². The van der Waals surface area contributed by atoms with E-state index in [0.717, 1.165) is 36.7 Å². The number of aryl methyl sites for hydroxylation is 1. The molecule has 3 aliphatic rings. The number of rotatable bonds is 3. The van der Waals surface area contributed by atoms with E-state index in [0.29, 0.717) is 17.3 Å². The van der Waals surface area contributed by atoms with Gasteiger partial charge >= 0.3 is 5.97 Å². The van der Waals surface area contributed by atoms with Crippen molar-refractivity contribution in [1.82, 2.24) is 0 Å². The van der Waals surface area contributed by atoms with E-state index in [1.807, 2.05) is 0 Å². The van der Waals surface area contributed by atoms with Crippen molar-refractivity contribution in [1.29, 1.82) is 0 Å². The number of carboxylic acids is 1. The van der Waals surface area contributed by atoms with Gasteiger partial charge in [-0.3, -0.25) is 0 Å². The molecular formula is C26H30O3. The number of carboxylic acid groups (broad SMARTS) is 1. The number of phenols is 1. The van der Waals surface area contributed by atoms with Crippen molar-refractivity contribution in [3.8, 4) is 5.75 Å². The first-order valence-corrected chi connectivity index (χ1v) is 11.1. The molecule has 0 bridgehead atoms. The Kier molecular flexibility index (Phi) is 4.45. The van der Waals surface area contributed by atoms with Gasteiger partial charge in [0.05, 0.1) is 0 Å². The number of aromatic hydroxyl groups is 1. The molecular weight excluding hydrogens is 360 g/mol. The number of fused-ring (bicyclic) bond motifs is 5. The average molecular weight is 391 g/mol. The van der Waals surface area contributed by atoms with Crippen LogP contribution in [0.2, 0.25) is 0 Å². The normalized spacial score (nSPS) is 32.9. The second-order valence-corrected chi connectivity index (χ2v) is 9.80. The molecule has 5 rings (SSSR count). The molecule has 152 valence electrons. The Morgan fingerprint density at radius 2 is 1.90 bits per heavy atom. The molecule has 0 radical (unpaired) electrons. The topological polar surface area (TPSA) is 57.5 Å². The van der Waals surface area contributed by atoms with Crippen molar-refractivity contribution in [2.75, 3.05) is 0 Å². The maximum absolute atomic E-state index is 11.4. The molecule has 0 heterocycles. The number of hydrogen-bond acceptors (Lipinski definition) is 2. The molecule has 2 saturated carbocycles. The lowest BCUT2D eigenvalue weighted by Gasteiger charge is -2.51. The van der Waals surface area contributed by atoms with E-state index in [4.69, 9.17) is 0 Å². The quantitative estimate of drug-likeness (QED) is 0.696. The Morgan fingerprint density at radius 1 is 1.10 bits per heavy atom. The molecule has 0 unspecified atom stereocenters. The Morgan fingerprint density at radius 3 is 2.66 bits per heavy atom. The summed E-state index contributed by atoms with van der Waals surface area (Å²) < 4.78 is 0. The summed E-state index contributed by atoms with van der Waals surface area (Å²) in [5.74, 6) is 1.52. The highest BCUT2D eigenvalue weighted by Crippen LogP contribution is 2.63. The van der Waals surface area contributed by atoms with Crippen LogP contribution in [0.3, 0.4) is 0 Å². The molecule has 2 aromatic rings. The summed E-state index contributed by atoms with van der Waals surface area (Å²) in [5, 5.41) is 19.6. The Hall–Kier alpha value is -2.29. The average Bonchev–Trinajstić information content (AvgIpc) is 3.04. The maximum Gasteiger partial charge on any atom is 0.339 e. The van der Waals surface area contributed by atoms with Crippen molar-refractivity contribution in [2.24, 2.45) is 23.2 Å². The van der Waals surface area contributed by atoms with Crippen LogP contribution in [0.1, 0.15) is 72.0 Å². The lowest BCUT2D eigenvalue weighted by atomic mass is 9.54. The van der Waals surface area contributed by atoms with Crippen LogP contribution in [-0.4, -0.2) is 16.2 Å². The zero-order chi connectivity index (χ0) is 20.2. The summed E-state index contributed by atoms with van der Waals surface area (Å²) in [6, 6.07) is 14.4. The van der Waals surface area contributed by atoms with Gasteiger partial charge in [0.25, 0.3) is 0 Å². The third kappa shape index (κ3) is 2.97. The fourth-order valence-corrected chi connectivity index (χ4v) is 7.12. The zero-order valence-electron chi connectivity index (χ0n) is 17.1. The minimum Gasteiger partial charge on any atom is -0.507 e. The van der Waals surface area contributed by atoms with E-state index in [1.165, 1.54) is 36.8 Å². The Balaban J connectivity index is 1.42. The number of aromatic carboxylic acids is 1. The van der Waals surface area contributed by atoms with Crippen LogP contribution in [0.4, 0.5) is 0 Å². The second-order valence-electron chi connectivity index (χ2n) is 9.80. The summed E-state index contributed by atoms with van der Waals surface area (Å²) >= 11 is 0. The lowest BCUT2D eigenvalue weighted by Crippen LogP contribution is -2.42. The summed E-state index contributed by atoms with van der Waals surface area (Å²) in [6.45, 7) is 2.54. The third-order valence-electron chi connectivity index (χ3n) is 8.59. The van der Waals surface area contributed by atoms with E-state index < -0.39 is 5.97 Å². The predicted octanol–water partition coefficient (Wildman–Crippen LogP) is 5.81. The molecule has 2 aromatic carbocycles. The van der Waals surface area contributed by atoms with Gasteiger partial charge < -0.3 is 10.2 Å². The van der Waals surface area contributed by atoms with Gasteiger partial charge in [-0.25, -0.2) is 4.79 Å². The number of benzene rings is 2. The van der Waals surface area contributed by atoms with Crippen molar-refractivity contribution < 1.29 is 15.0 Å². The van der Waals surface area contributed by atoms with Gasteiger partial charge in [0.15, 0.2) is 0 Å². The fourth-order valence-electron chi connectivity index (χ4n) is 7.12. The predicted molar refractivity (Wildman–Crippen MR) is 113 cm³/mol. The summed E-state index contributed by atoms with van der Waals surface area (Å²) in [5.41, 5.74) is 4.27. The highest BCUT2D eigenvalue weighted by Gasteiger charge is 2.54. The molecule has 0 spiro atoms. The van der Waals surface area contributed by atoms with Gasteiger partial charge in [-0.1, -0.05) is 37.3 Å².